The summed E-state index contributed by atoms with van der Waals surface area (Å²) in [6, 6.07) is 3.61. The van der Waals surface area contributed by atoms with Crippen molar-refractivity contribution < 1.29 is 8.78 Å². The molecule has 1 unspecified atom stereocenters. The molecule has 3 N–H and O–H groups in total. The van der Waals surface area contributed by atoms with Crippen molar-refractivity contribution in [3.05, 3.63) is 60.0 Å². The number of amidine groups is 1. The summed E-state index contributed by atoms with van der Waals surface area (Å²) in [5.41, 5.74) is 8.14. The Kier molecular flexibility index (Phi) is 7.29. The molecule has 1 aromatic heterocycles. The van der Waals surface area contributed by atoms with Crippen LogP contribution in [0.1, 0.15) is 65.6 Å². The molecule has 2 rings (SSSR count). The molecule has 5 nitrogen and oxygen atoms in total. The number of rotatable bonds is 7. The van der Waals surface area contributed by atoms with E-state index >= 15 is 0 Å². The molecular weight excluding hydrogens is 396 g/mol. The van der Waals surface area contributed by atoms with Gasteiger partial charge in [-0.1, -0.05) is 13.2 Å². The number of allylic oxidation sites excluding steroid dienone is 2. The van der Waals surface area contributed by atoms with Gasteiger partial charge in [-0.3, -0.25) is 4.98 Å². The number of nitrogens with one attached hydrogen (secondary N) is 1. The molecule has 0 aliphatic carbocycles. The third-order valence-corrected chi connectivity index (χ3v) is 6.17. The van der Waals surface area contributed by atoms with E-state index in [2.05, 4.69) is 33.4 Å². The van der Waals surface area contributed by atoms with Gasteiger partial charge in [0.05, 0.1) is 17.2 Å². The lowest BCUT2D eigenvalue weighted by Gasteiger charge is -2.31. The topological polar surface area (TPSA) is 66.5 Å². The van der Waals surface area contributed by atoms with Gasteiger partial charge in [-0.05, 0) is 70.7 Å². The summed E-state index contributed by atoms with van der Waals surface area (Å²) in [6.07, 6.45) is 3.55. The maximum Gasteiger partial charge on any atom is 0.255 e. The van der Waals surface area contributed by atoms with Crippen molar-refractivity contribution in [1.82, 2.24) is 15.2 Å². The molecule has 0 aromatic carbocycles. The van der Waals surface area contributed by atoms with Crippen molar-refractivity contribution in [3.63, 3.8) is 0 Å². The smallest absolute Gasteiger partial charge is 0.255 e. The van der Waals surface area contributed by atoms with Gasteiger partial charge >= 0.3 is 0 Å². The zero-order valence-electron chi connectivity index (χ0n) is 19.5. The first-order valence-corrected chi connectivity index (χ1v) is 10.5. The first-order chi connectivity index (χ1) is 14.3. The van der Waals surface area contributed by atoms with Crippen LogP contribution in [-0.2, 0) is 5.41 Å². The Balaban J connectivity index is 2.22. The summed E-state index contributed by atoms with van der Waals surface area (Å²) in [5, 5.41) is 3.28. The van der Waals surface area contributed by atoms with Crippen molar-refractivity contribution in [1.29, 1.82) is 0 Å². The van der Waals surface area contributed by atoms with Crippen LogP contribution in [0.5, 0.6) is 0 Å². The van der Waals surface area contributed by atoms with Crippen LogP contribution in [0, 0.1) is 0 Å². The SMILES string of the molecule is C=C(N)C1CCCN1C(=C)N=C(C)N/C(C)=C(\C)c1ccnc(C(C)(C)C(C)(F)F)c1. The molecule has 1 saturated heterocycles. The van der Waals surface area contributed by atoms with Gasteiger partial charge < -0.3 is 16.0 Å². The van der Waals surface area contributed by atoms with Crippen LogP contribution in [0.3, 0.4) is 0 Å². The van der Waals surface area contributed by atoms with Gasteiger partial charge in [0.2, 0.25) is 0 Å². The normalized spacial score (nSPS) is 18.6. The van der Waals surface area contributed by atoms with Crippen molar-refractivity contribution >= 4 is 11.4 Å². The van der Waals surface area contributed by atoms with Crippen LogP contribution in [0.25, 0.3) is 5.57 Å². The summed E-state index contributed by atoms with van der Waals surface area (Å²) in [5.74, 6) is -1.57. The lowest BCUT2D eigenvalue weighted by Crippen LogP contribution is -2.38. The van der Waals surface area contributed by atoms with E-state index in [1.807, 2.05) is 26.8 Å². The van der Waals surface area contributed by atoms with E-state index in [-0.39, 0.29) is 6.04 Å². The quantitative estimate of drug-likeness (QED) is 0.461. The molecule has 1 aliphatic rings. The van der Waals surface area contributed by atoms with E-state index in [1.165, 1.54) is 13.8 Å². The molecule has 0 spiro atoms. The zero-order chi connectivity index (χ0) is 23.6. The van der Waals surface area contributed by atoms with Crippen LogP contribution in [-0.4, -0.2) is 34.2 Å². The monoisotopic (exact) mass is 431 g/mol. The highest BCUT2D eigenvalue weighted by Crippen LogP contribution is 2.38. The third kappa shape index (κ3) is 5.51. The van der Waals surface area contributed by atoms with Gasteiger partial charge in [0.25, 0.3) is 5.92 Å². The third-order valence-electron chi connectivity index (χ3n) is 6.17. The number of hydrogen-bond donors (Lipinski definition) is 2. The lowest BCUT2D eigenvalue weighted by atomic mass is 9.82. The predicted molar refractivity (Wildman–Crippen MR) is 125 cm³/mol. The van der Waals surface area contributed by atoms with Crippen LogP contribution in [0.4, 0.5) is 8.78 Å². The fraction of sp³-hybridized carbons (Fsp3) is 0.500. The molecule has 1 aromatic rings. The molecule has 0 amide bonds. The minimum Gasteiger partial charge on any atom is -0.401 e. The van der Waals surface area contributed by atoms with Crippen LogP contribution in [0.15, 0.2) is 53.7 Å². The molecule has 7 heteroatoms. The summed E-state index contributed by atoms with van der Waals surface area (Å²) in [7, 11) is 0. The number of nitrogens with zero attached hydrogens (tertiary/aromatic N) is 3. The molecule has 1 atom stereocenters. The second-order valence-corrected chi connectivity index (χ2v) is 8.86. The second-order valence-electron chi connectivity index (χ2n) is 8.86. The Morgan fingerprint density at radius 1 is 1.26 bits per heavy atom. The number of alkyl halides is 2. The average Bonchev–Trinajstić information content (AvgIpc) is 3.16. The molecule has 0 bridgehead atoms. The van der Waals surface area contributed by atoms with E-state index in [9.17, 15) is 8.78 Å². The van der Waals surface area contributed by atoms with E-state index in [4.69, 9.17) is 5.73 Å². The van der Waals surface area contributed by atoms with Gasteiger partial charge in [0.1, 0.15) is 11.7 Å². The van der Waals surface area contributed by atoms with E-state index in [0.29, 0.717) is 23.0 Å². The number of halogens is 2. The van der Waals surface area contributed by atoms with Crippen molar-refractivity contribution in [2.24, 2.45) is 10.7 Å². The molecule has 2 heterocycles. The Labute approximate surface area is 184 Å². The Morgan fingerprint density at radius 3 is 2.48 bits per heavy atom. The molecule has 170 valence electrons. The highest BCUT2D eigenvalue weighted by atomic mass is 19.3. The first kappa shape index (κ1) is 24.6. The molecule has 0 saturated carbocycles. The Morgan fingerprint density at radius 2 is 1.90 bits per heavy atom. The molecule has 1 fully saturated rings. The van der Waals surface area contributed by atoms with Crippen LogP contribution < -0.4 is 11.1 Å². The first-order valence-electron chi connectivity index (χ1n) is 10.5. The van der Waals surface area contributed by atoms with Gasteiger partial charge in [-0.15, -0.1) is 0 Å². The second kappa shape index (κ2) is 9.20. The maximum absolute atomic E-state index is 14.1. The van der Waals surface area contributed by atoms with Gasteiger partial charge in [-0.25, -0.2) is 13.8 Å². The van der Waals surface area contributed by atoms with Crippen LogP contribution >= 0.6 is 0 Å². The standard InChI is InChI=1S/C24H35F2N5/c1-15(20-11-12-28-22(14-20)23(6,7)24(8,25)26)17(3)29-18(4)30-19(5)31-13-9-10-21(31)16(2)27/h11-12,14,21H,2,5,9-10,13,27H2,1,3-4,6-8H3,(H,29,30)/b17-15+. The van der Waals surface area contributed by atoms with E-state index < -0.39 is 11.3 Å². The average molecular weight is 432 g/mol. The number of nitrogens with two attached hydrogens (primary N) is 1. The van der Waals surface area contributed by atoms with Crippen molar-refractivity contribution in [3.8, 4) is 0 Å². The summed E-state index contributed by atoms with van der Waals surface area (Å²) in [6.45, 7) is 18.5. The van der Waals surface area contributed by atoms with Crippen molar-refractivity contribution in [2.75, 3.05) is 6.54 Å². The number of likely N-dealkylation sites (tertiary alicyclic amines) is 1. The fourth-order valence-corrected chi connectivity index (χ4v) is 3.56. The Bertz CT molecular complexity index is 909. The minimum atomic E-state index is -2.89. The van der Waals surface area contributed by atoms with Gasteiger partial charge in [-0.2, -0.15) is 0 Å². The number of pyridine rings is 1. The highest BCUT2D eigenvalue weighted by molar-refractivity contribution is 5.84. The van der Waals surface area contributed by atoms with E-state index in [0.717, 1.165) is 43.1 Å². The minimum absolute atomic E-state index is 0.0673. The lowest BCUT2D eigenvalue weighted by molar-refractivity contribution is -0.0484. The van der Waals surface area contributed by atoms with Crippen molar-refractivity contribution in [2.45, 2.75) is 71.8 Å². The largest absolute Gasteiger partial charge is 0.401 e. The zero-order valence-corrected chi connectivity index (χ0v) is 19.5. The summed E-state index contributed by atoms with van der Waals surface area (Å²) >= 11 is 0. The summed E-state index contributed by atoms with van der Waals surface area (Å²) in [4.78, 5) is 10.9. The molecule has 31 heavy (non-hydrogen) atoms. The Hall–Kier alpha value is -2.70. The summed E-state index contributed by atoms with van der Waals surface area (Å²) < 4.78 is 28.1. The van der Waals surface area contributed by atoms with Gasteiger partial charge in [0, 0.05) is 31.1 Å². The van der Waals surface area contributed by atoms with Crippen LogP contribution in [0.2, 0.25) is 0 Å². The molecule has 1 aliphatic heterocycles. The maximum atomic E-state index is 14.1. The fourth-order valence-electron chi connectivity index (χ4n) is 3.56. The number of hydrogen-bond acceptors (Lipinski definition) is 4. The number of aromatic nitrogens is 1. The van der Waals surface area contributed by atoms with E-state index in [1.54, 1.807) is 12.3 Å². The molecular formula is C24H35F2N5. The van der Waals surface area contributed by atoms with Gasteiger partial charge in [0.15, 0.2) is 0 Å². The predicted octanol–water partition coefficient (Wildman–Crippen LogP) is 5.18. The number of aliphatic imine (C=N–C) groups is 1. The molecule has 0 radical (unpaired) electrons. The highest BCUT2D eigenvalue weighted by Gasteiger charge is 2.44.